The number of allylic oxidation sites excluding steroid dienone is 1. The zero-order valence-electron chi connectivity index (χ0n) is 18.0. The third kappa shape index (κ3) is 6.47. The minimum absolute atomic E-state index is 0.0280. The van der Waals surface area contributed by atoms with Crippen LogP contribution < -0.4 is 5.56 Å². The maximum absolute atomic E-state index is 11.9. The Bertz CT molecular complexity index is 893. The molecule has 0 aliphatic heterocycles. The fourth-order valence-electron chi connectivity index (χ4n) is 4.54. The van der Waals surface area contributed by atoms with Gasteiger partial charge in [-0.25, -0.2) is 4.79 Å². The van der Waals surface area contributed by atoms with E-state index in [0.29, 0.717) is 24.8 Å². The summed E-state index contributed by atoms with van der Waals surface area (Å²) >= 11 is 0. The lowest BCUT2D eigenvalue weighted by Crippen LogP contribution is -2.18. The van der Waals surface area contributed by atoms with E-state index in [1.54, 1.807) is 16.7 Å². The summed E-state index contributed by atoms with van der Waals surface area (Å²) in [7, 11) is 0. The summed E-state index contributed by atoms with van der Waals surface area (Å²) < 4.78 is 7.27. The van der Waals surface area contributed by atoms with Crippen LogP contribution in [0.15, 0.2) is 59.2 Å². The lowest BCUT2D eigenvalue weighted by Gasteiger charge is -2.20. The van der Waals surface area contributed by atoms with Crippen molar-refractivity contribution in [2.75, 3.05) is 6.61 Å². The highest BCUT2D eigenvalue weighted by Crippen LogP contribution is 2.34. The highest BCUT2D eigenvalue weighted by atomic mass is 16.5. The summed E-state index contributed by atoms with van der Waals surface area (Å²) in [5.41, 5.74) is 2.51. The second-order valence-electron chi connectivity index (χ2n) is 8.36. The van der Waals surface area contributed by atoms with Crippen LogP contribution in [0.1, 0.15) is 63.0 Å². The van der Waals surface area contributed by atoms with Crippen molar-refractivity contribution in [3.8, 4) is 0 Å². The molecule has 2 aromatic rings. The molecule has 0 amide bonds. The molecule has 30 heavy (non-hydrogen) atoms. The van der Waals surface area contributed by atoms with Crippen LogP contribution in [0.3, 0.4) is 0 Å². The molecule has 0 saturated heterocycles. The maximum Gasteiger partial charge on any atom is 0.250 e. The summed E-state index contributed by atoms with van der Waals surface area (Å²) in [4.78, 5) is 23.1. The van der Waals surface area contributed by atoms with Crippen LogP contribution in [0.25, 0.3) is 0 Å². The van der Waals surface area contributed by atoms with Gasteiger partial charge in [0.15, 0.2) is 11.7 Å². The molecule has 4 nitrogen and oxygen atoms in total. The quantitative estimate of drug-likeness (QED) is 0.327. The van der Waals surface area contributed by atoms with E-state index in [4.69, 9.17) is 4.74 Å². The summed E-state index contributed by atoms with van der Waals surface area (Å²) in [5, 5.41) is 0. The van der Waals surface area contributed by atoms with E-state index in [2.05, 4.69) is 30.2 Å². The highest BCUT2D eigenvalue weighted by molar-refractivity contribution is 5.50. The van der Waals surface area contributed by atoms with Crippen molar-refractivity contribution in [2.45, 2.75) is 64.8 Å². The number of pyridine rings is 1. The fraction of sp³-hybridized carbons (Fsp3) is 0.500. The molecule has 1 aromatic heterocycles. The van der Waals surface area contributed by atoms with Gasteiger partial charge in [0.25, 0.3) is 5.56 Å². The van der Waals surface area contributed by atoms with E-state index in [1.165, 1.54) is 31.2 Å². The molecule has 160 valence electrons. The Balaban J connectivity index is 1.49. The molecule has 2 unspecified atom stereocenters. The van der Waals surface area contributed by atoms with E-state index < -0.39 is 0 Å². The Kier molecular flexibility index (Phi) is 8.53. The number of ether oxygens (including phenoxy) is 1. The van der Waals surface area contributed by atoms with Gasteiger partial charge in [-0.05, 0) is 55.7 Å². The van der Waals surface area contributed by atoms with Gasteiger partial charge >= 0.3 is 0 Å². The maximum atomic E-state index is 11.9. The number of nitrogens with zero attached hydrogens (tertiary/aromatic N) is 1. The Hall–Kier alpha value is -2.58. The van der Waals surface area contributed by atoms with Gasteiger partial charge in [-0.2, -0.15) is 0 Å². The molecule has 1 fully saturated rings. The fourth-order valence-corrected chi connectivity index (χ4v) is 4.54. The van der Waals surface area contributed by atoms with Crippen molar-refractivity contribution in [1.82, 2.24) is 4.57 Å². The summed E-state index contributed by atoms with van der Waals surface area (Å²) in [5.74, 6) is 3.50. The summed E-state index contributed by atoms with van der Waals surface area (Å²) in [6.07, 6.45) is 11.0. The predicted molar refractivity (Wildman–Crippen MR) is 120 cm³/mol. The van der Waals surface area contributed by atoms with Crippen molar-refractivity contribution in [3.63, 3.8) is 0 Å². The van der Waals surface area contributed by atoms with E-state index in [0.717, 1.165) is 31.2 Å². The first-order valence-electron chi connectivity index (χ1n) is 11.3. The number of hydrogen-bond donors (Lipinski definition) is 0. The number of rotatable bonds is 9. The van der Waals surface area contributed by atoms with Crippen LogP contribution in [-0.4, -0.2) is 17.1 Å². The first-order chi connectivity index (χ1) is 14.7. The lowest BCUT2D eigenvalue weighted by molar-refractivity contribution is 0.179. The number of carbonyl (C=O) groups excluding carboxylic acids is 1. The zero-order chi connectivity index (χ0) is 21.2. The van der Waals surface area contributed by atoms with Gasteiger partial charge < -0.3 is 9.30 Å². The molecular formula is C26H33NO3. The van der Waals surface area contributed by atoms with Crippen LogP contribution in [0.5, 0.6) is 0 Å². The first-order valence-corrected chi connectivity index (χ1v) is 11.3. The van der Waals surface area contributed by atoms with Crippen LogP contribution in [0.4, 0.5) is 0 Å². The minimum Gasteiger partial charge on any atom is -0.487 e. The number of aromatic nitrogens is 1. The van der Waals surface area contributed by atoms with Crippen LogP contribution in [0.2, 0.25) is 0 Å². The number of aryl methyl sites for hydroxylation is 1. The zero-order valence-corrected chi connectivity index (χ0v) is 18.0. The second kappa shape index (κ2) is 11.6. The van der Waals surface area contributed by atoms with Crippen molar-refractivity contribution >= 4 is 5.94 Å². The second-order valence-corrected chi connectivity index (χ2v) is 8.36. The molecule has 1 heterocycles. The molecule has 0 bridgehead atoms. The molecule has 3 rings (SSSR count). The molecule has 2 atom stereocenters. The molecule has 1 aromatic carbocycles. The summed E-state index contributed by atoms with van der Waals surface area (Å²) in [6.45, 7) is 3.07. The van der Waals surface area contributed by atoms with E-state index >= 15 is 0 Å². The molecule has 1 saturated carbocycles. The van der Waals surface area contributed by atoms with E-state index in [1.807, 2.05) is 19.2 Å². The minimum atomic E-state index is 0.0280. The SMILES string of the molecule is CCOC(=C=O)C1CCCCC(CCCc2ccc(Cn3ccccc3=O)cc2)C1. The van der Waals surface area contributed by atoms with Crippen LogP contribution in [-0.2, 0) is 22.5 Å². The van der Waals surface area contributed by atoms with Crippen molar-refractivity contribution < 1.29 is 9.53 Å². The Morgan fingerprint density at radius 2 is 1.87 bits per heavy atom. The van der Waals surface area contributed by atoms with Gasteiger partial charge in [-0.15, -0.1) is 0 Å². The molecule has 0 N–H and O–H groups in total. The topological polar surface area (TPSA) is 48.3 Å². The predicted octanol–water partition coefficient (Wildman–Crippen LogP) is 5.17. The normalized spacial score (nSPS) is 19.0. The number of benzene rings is 1. The van der Waals surface area contributed by atoms with Gasteiger partial charge in [0, 0.05) is 18.2 Å². The third-order valence-corrected chi connectivity index (χ3v) is 6.16. The number of hydrogen-bond acceptors (Lipinski definition) is 3. The first kappa shape index (κ1) is 22.1. The van der Waals surface area contributed by atoms with Gasteiger partial charge in [-0.3, -0.25) is 4.79 Å². The van der Waals surface area contributed by atoms with Crippen molar-refractivity contribution in [1.29, 1.82) is 0 Å². The van der Waals surface area contributed by atoms with Gasteiger partial charge in [0.05, 0.1) is 13.2 Å². The van der Waals surface area contributed by atoms with E-state index in [-0.39, 0.29) is 11.5 Å². The Morgan fingerprint density at radius 3 is 2.60 bits per heavy atom. The van der Waals surface area contributed by atoms with Gasteiger partial charge in [0.2, 0.25) is 0 Å². The Labute approximate surface area is 179 Å². The third-order valence-electron chi connectivity index (χ3n) is 6.16. The lowest BCUT2D eigenvalue weighted by atomic mass is 9.88. The van der Waals surface area contributed by atoms with E-state index in [9.17, 15) is 9.59 Å². The van der Waals surface area contributed by atoms with Crippen molar-refractivity contribution in [3.05, 3.63) is 75.9 Å². The van der Waals surface area contributed by atoms with Crippen molar-refractivity contribution in [2.24, 2.45) is 11.8 Å². The average molecular weight is 408 g/mol. The largest absolute Gasteiger partial charge is 0.487 e. The molecule has 1 aliphatic carbocycles. The molecule has 4 heteroatoms. The average Bonchev–Trinajstić information content (AvgIpc) is 3.00. The standard InChI is InChI=1S/C26H33NO3/c1-2-30-25(20-28)24-11-4-3-8-22(18-24)10-7-9-21-13-15-23(16-14-21)19-27-17-6-5-12-26(27)29/h5-6,12-17,22,24H,2-4,7-11,18-19H2,1H3. The summed E-state index contributed by atoms with van der Waals surface area (Å²) in [6, 6.07) is 13.9. The van der Waals surface area contributed by atoms with Gasteiger partial charge in [-0.1, -0.05) is 56.0 Å². The molecular weight excluding hydrogens is 374 g/mol. The van der Waals surface area contributed by atoms with Crippen LogP contribution in [0, 0.1) is 11.8 Å². The Morgan fingerprint density at radius 1 is 1.10 bits per heavy atom. The molecule has 1 aliphatic rings. The van der Waals surface area contributed by atoms with Gasteiger partial charge in [0.1, 0.15) is 0 Å². The molecule has 0 spiro atoms. The highest BCUT2D eigenvalue weighted by Gasteiger charge is 2.24. The smallest absolute Gasteiger partial charge is 0.250 e. The molecule has 0 radical (unpaired) electrons. The monoisotopic (exact) mass is 407 g/mol. The van der Waals surface area contributed by atoms with Crippen LogP contribution >= 0.6 is 0 Å².